The van der Waals surface area contributed by atoms with Gasteiger partial charge in [-0.3, -0.25) is 15.0 Å². The van der Waals surface area contributed by atoms with Crippen molar-refractivity contribution in [2.24, 2.45) is 5.41 Å². The molecule has 7 nitrogen and oxygen atoms in total. The lowest BCUT2D eigenvalue weighted by atomic mass is 9.79. The molecule has 0 aromatic heterocycles. The van der Waals surface area contributed by atoms with E-state index in [0.29, 0.717) is 0 Å². The molecule has 1 fully saturated rings. The number of rotatable bonds is 6. The first-order valence-electron chi connectivity index (χ1n) is 7.78. The van der Waals surface area contributed by atoms with Crippen LogP contribution in [0.15, 0.2) is 18.2 Å². The van der Waals surface area contributed by atoms with Gasteiger partial charge in [-0.15, -0.1) is 12.4 Å². The minimum atomic E-state index is -0.427. The molecule has 0 unspecified atom stereocenters. The maximum atomic E-state index is 11.3. The second-order valence-corrected chi connectivity index (χ2v) is 6.52. The molecule has 0 saturated carbocycles. The Morgan fingerprint density at radius 1 is 1.42 bits per heavy atom. The molecule has 0 spiro atoms. The summed E-state index contributed by atoms with van der Waals surface area (Å²) in [7, 11) is 1.42. The standard InChI is InChI=1S/C16H25N3O4.ClH/c1-16(2,11-20)15(18-8-6-17-7-9-18)12-4-5-14(23-3)13(10-12)19(21)22;/h4-5,10,15,17,20H,6-9,11H2,1-3H3;1H/t15-;/m1./s1. The summed E-state index contributed by atoms with van der Waals surface area (Å²) in [5.41, 5.74) is 0.372. The summed E-state index contributed by atoms with van der Waals surface area (Å²) in [6.07, 6.45) is 0. The van der Waals surface area contributed by atoms with Crippen LogP contribution in [0, 0.1) is 15.5 Å². The molecule has 0 bridgehead atoms. The number of nitro benzene ring substituents is 1. The highest BCUT2D eigenvalue weighted by molar-refractivity contribution is 5.85. The number of halogens is 1. The molecule has 0 aliphatic carbocycles. The number of hydrogen-bond donors (Lipinski definition) is 2. The van der Waals surface area contributed by atoms with Gasteiger partial charge in [0.2, 0.25) is 0 Å². The highest BCUT2D eigenvalue weighted by Gasteiger charge is 2.36. The van der Waals surface area contributed by atoms with Gasteiger partial charge in [-0.05, 0) is 11.6 Å². The molecule has 1 aliphatic rings. The predicted octanol–water partition coefficient (Wildman–Crippen LogP) is 1.99. The van der Waals surface area contributed by atoms with Crippen LogP contribution in [0.3, 0.4) is 0 Å². The van der Waals surface area contributed by atoms with Crippen LogP contribution in [0.25, 0.3) is 0 Å². The number of nitrogens with one attached hydrogen (secondary N) is 1. The van der Waals surface area contributed by atoms with Gasteiger partial charge in [-0.25, -0.2) is 0 Å². The molecule has 2 rings (SSSR count). The fourth-order valence-corrected chi connectivity index (χ4v) is 3.20. The topological polar surface area (TPSA) is 87.9 Å². The van der Waals surface area contributed by atoms with Crippen LogP contribution < -0.4 is 10.1 Å². The summed E-state index contributed by atoms with van der Waals surface area (Å²) in [6.45, 7) is 7.39. The average molecular weight is 360 g/mol. The van der Waals surface area contributed by atoms with Crippen molar-refractivity contribution in [1.29, 1.82) is 0 Å². The number of aliphatic hydroxyl groups is 1. The number of ether oxygens (including phenoxy) is 1. The van der Waals surface area contributed by atoms with E-state index in [1.807, 2.05) is 19.9 Å². The van der Waals surface area contributed by atoms with E-state index in [1.54, 1.807) is 12.1 Å². The quantitative estimate of drug-likeness (QED) is 0.596. The summed E-state index contributed by atoms with van der Waals surface area (Å²) in [4.78, 5) is 13.2. The average Bonchev–Trinajstić information content (AvgIpc) is 2.55. The normalized spacial score (nSPS) is 17.0. The van der Waals surface area contributed by atoms with Crippen molar-refractivity contribution in [2.45, 2.75) is 19.9 Å². The fraction of sp³-hybridized carbons (Fsp3) is 0.625. The molecule has 24 heavy (non-hydrogen) atoms. The lowest BCUT2D eigenvalue weighted by Crippen LogP contribution is -2.49. The lowest BCUT2D eigenvalue weighted by molar-refractivity contribution is -0.385. The Kier molecular flexibility index (Phi) is 7.41. The van der Waals surface area contributed by atoms with Gasteiger partial charge in [0.15, 0.2) is 5.75 Å². The maximum Gasteiger partial charge on any atom is 0.311 e. The van der Waals surface area contributed by atoms with Crippen molar-refractivity contribution in [3.8, 4) is 5.75 Å². The second kappa shape index (κ2) is 8.62. The van der Waals surface area contributed by atoms with E-state index >= 15 is 0 Å². The van der Waals surface area contributed by atoms with Crippen molar-refractivity contribution < 1.29 is 14.8 Å². The molecule has 136 valence electrons. The molecule has 8 heteroatoms. The van der Waals surface area contributed by atoms with Gasteiger partial charge < -0.3 is 15.2 Å². The van der Waals surface area contributed by atoms with Crippen LogP contribution in [0.1, 0.15) is 25.5 Å². The van der Waals surface area contributed by atoms with E-state index in [9.17, 15) is 15.2 Å². The molecular weight excluding hydrogens is 334 g/mol. The molecule has 0 radical (unpaired) electrons. The Labute approximate surface area is 148 Å². The number of methoxy groups -OCH3 is 1. The van der Waals surface area contributed by atoms with Crippen molar-refractivity contribution in [1.82, 2.24) is 10.2 Å². The van der Waals surface area contributed by atoms with E-state index in [2.05, 4.69) is 10.2 Å². The largest absolute Gasteiger partial charge is 0.490 e. The van der Waals surface area contributed by atoms with Crippen LogP contribution in [-0.4, -0.2) is 54.8 Å². The van der Waals surface area contributed by atoms with Crippen molar-refractivity contribution in [2.75, 3.05) is 39.9 Å². The molecule has 1 heterocycles. The zero-order valence-corrected chi connectivity index (χ0v) is 15.1. The Morgan fingerprint density at radius 3 is 2.54 bits per heavy atom. The fourth-order valence-electron chi connectivity index (χ4n) is 3.20. The number of benzene rings is 1. The lowest BCUT2D eigenvalue weighted by Gasteiger charge is -2.43. The van der Waals surface area contributed by atoms with E-state index in [0.717, 1.165) is 31.7 Å². The summed E-state index contributed by atoms with van der Waals surface area (Å²) in [5.74, 6) is 0.250. The number of piperazine rings is 1. The zero-order chi connectivity index (χ0) is 17.0. The molecule has 2 N–H and O–H groups in total. The van der Waals surface area contributed by atoms with Crippen molar-refractivity contribution in [3.05, 3.63) is 33.9 Å². The maximum absolute atomic E-state index is 11.3. The van der Waals surface area contributed by atoms with E-state index in [1.165, 1.54) is 7.11 Å². The minimum absolute atomic E-state index is 0. The smallest absolute Gasteiger partial charge is 0.311 e. The second-order valence-electron chi connectivity index (χ2n) is 6.52. The van der Waals surface area contributed by atoms with Gasteiger partial charge in [0.05, 0.1) is 12.0 Å². The van der Waals surface area contributed by atoms with Crippen LogP contribution >= 0.6 is 12.4 Å². The summed E-state index contributed by atoms with van der Waals surface area (Å²) in [6, 6.07) is 4.97. The monoisotopic (exact) mass is 359 g/mol. The predicted molar refractivity (Wildman–Crippen MR) is 94.9 cm³/mol. The van der Waals surface area contributed by atoms with Crippen molar-refractivity contribution in [3.63, 3.8) is 0 Å². The molecule has 1 aliphatic heterocycles. The van der Waals surface area contributed by atoms with E-state index in [4.69, 9.17) is 4.74 Å². The zero-order valence-electron chi connectivity index (χ0n) is 14.3. The Bertz CT molecular complexity index is 562. The molecular formula is C16H26ClN3O4. The van der Waals surface area contributed by atoms with Gasteiger partial charge in [0.1, 0.15) is 0 Å². The van der Waals surface area contributed by atoms with E-state index < -0.39 is 10.3 Å². The number of aliphatic hydroxyl groups excluding tert-OH is 1. The molecule has 1 saturated heterocycles. The first-order valence-corrected chi connectivity index (χ1v) is 7.78. The van der Waals surface area contributed by atoms with Gasteiger partial charge in [-0.1, -0.05) is 19.9 Å². The Balaban J connectivity index is 0.00000288. The minimum Gasteiger partial charge on any atom is -0.490 e. The number of hydrogen-bond acceptors (Lipinski definition) is 6. The van der Waals surface area contributed by atoms with Crippen LogP contribution in [0.5, 0.6) is 5.75 Å². The Morgan fingerprint density at radius 2 is 2.04 bits per heavy atom. The summed E-state index contributed by atoms with van der Waals surface area (Å²) >= 11 is 0. The number of nitro groups is 1. The Hall–Kier alpha value is -1.41. The third-order valence-corrected chi connectivity index (χ3v) is 4.38. The first kappa shape index (κ1) is 20.6. The molecule has 0 amide bonds. The SMILES string of the molecule is COc1ccc([C@@H](N2CCNCC2)C(C)(C)CO)cc1[N+](=O)[O-].Cl. The van der Waals surface area contributed by atoms with Crippen molar-refractivity contribution >= 4 is 18.1 Å². The first-order chi connectivity index (χ1) is 10.9. The highest BCUT2D eigenvalue weighted by Crippen LogP contribution is 2.41. The third kappa shape index (κ3) is 4.36. The molecule has 1 atom stereocenters. The third-order valence-electron chi connectivity index (χ3n) is 4.38. The van der Waals surface area contributed by atoms with Gasteiger partial charge in [0.25, 0.3) is 0 Å². The van der Waals surface area contributed by atoms with Gasteiger partial charge >= 0.3 is 5.69 Å². The van der Waals surface area contributed by atoms with Crippen LogP contribution in [-0.2, 0) is 0 Å². The summed E-state index contributed by atoms with van der Waals surface area (Å²) < 4.78 is 5.08. The molecule has 1 aromatic rings. The van der Waals surface area contributed by atoms with Crippen LogP contribution in [0.2, 0.25) is 0 Å². The highest BCUT2D eigenvalue weighted by atomic mass is 35.5. The van der Waals surface area contributed by atoms with Crippen LogP contribution in [0.4, 0.5) is 5.69 Å². The van der Waals surface area contributed by atoms with Gasteiger partial charge in [-0.2, -0.15) is 0 Å². The number of nitrogens with zero attached hydrogens (tertiary/aromatic N) is 2. The molecule has 1 aromatic carbocycles. The summed E-state index contributed by atoms with van der Waals surface area (Å²) in [5, 5.41) is 24.4. The van der Waals surface area contributed by atoms with E-state index in [-0.39, 0.29) is 36.5 Å². The van der Waals surface area contributed by atoms with Gasteiger partial charge in [0, 0.05) is 50.3 Å².